The van der Waals surface area contributed by atoms with Gasteiger partial charge >= 0.3 is 5.97 Å². The molecular weight excluding hydrogens is 248 g/mol. The third kappa shape index (κ3) is 2.11. The van der Waals surface area contributed by atoms with Gasteiger partial charge in [-0.15, -0.1) is 11.3 Å². The maximum Gasteiger partial charge on any atom is 0.320 e. The number of nitrogens with zero attached hydrogens (tertiary/aromatic N) is 2. The van der Waals surface area contributed by atoms with Crippen LogP contribution in [-0.2, 0) is 11.3 Å². The smallest absolute Gasteiger partial charge is 0.320 e. The molecule has 0 unspecified atom stereocenters. The third-order valence-electron chi connectivity index (χ3n) is 3.33. The topological polar surface area (TPSA) is 53.4 Å². The van der Waals surface area contributed by atoms with Crippen LogP contribution in [0, 0.1) is 0 Å². The van der Waals surface area contributed by atoms with Crippen LogP contribution in [0.25, 0.3) is 10.2 Å². The van der Waals surface area contributed by atoms with Gasteiger partial charge in [0.25, 0.3) is 0 Å². The Morgan fingerprint density at radius 1 is 1.50 bits per heavy atom. The number of likely N-dealkylation sites (tertiary alicyclic amines) is 1. The molecule has 0 spiro atoms. The van der Waals surface area contributed by atoms with Gasteiger partial charge in [0.1, 0.15) is 11.0 Å². The van der Waals surface area contributed by atoms with Crippen molar-refractivity contribution in [3.63, 3.8) is 0 Å². The van der Waals surface area contributed by atoms with Gasteiger partial charge < -0.3 is 5.11 Å². The monoisotopic (exact) mass is 262 g/mol. The summed E-state index contributed by atoms with van der Waals surface area (Å²) in [5.41, 5.74) is 1.00. The van der Waals surface area contributed by atoms with E-state index in [1.54, 1.807) is 11.3 Å². The van der Waals surface area contributed by atoms with E-state index < -0.39 is 5.97 Å². The first kappa shape index (κ1) is 11.6. The number of para-hydroxylation sites is 1. The van der Waals surface area contributed by atoms with E-state index >= 15 is 0 Å². The van der Waals surface area contributed by atoms with Gasteiger partial charge in [-0.1, -0.05) is 12.1 Å². The van der Waals surface area contributed by atoms with Crippen LogP contribution in [0.1, 0.15) is 17.8 Å². The predicted octanol–water partition coefficient (Wildman–Crippen LogP) is 2.35. The molecule has 1 fully saturated rings. The summed E-state index contributed by atoms with van der Waals surface area (Å²) >= 11 is 1.65. The first-order valence-corrected chi connectivity index (χ1v) is 6.87. The van der Waals surface area contributed by atoms with E-state index in [1.165, 1.54) is 4.70 Å². The second kappa shape index (κ2) is 4.66. The summed E-state index contributed by atoms with van der Waals surface area (Å²) in [6.07, 6.45) is 1.71. The molecule has 5 heteroatoms. The SMILES string of the molecule is O=C(O)[C@H]1CCCN1Cc1nc2ccccc2s1. The average molecular weight is 262 g/mol. The predicted molar refractivity (Wildman–Crippen MR) is 70.7 cm³/mol. The molecule has 3 rings (SSSR count). The Kier molecular flexibility index (Phi) is 3.01. The highest BCUT2D eigenvalue weighted by Gasteiger charge is 2.30. The van der Waals surface area contributed by atoms with Crippen LogP contribution in [-0.4, -0.2) is 33.5 Å². The Morgan fingerprint density at radius 2 is 2.33 bits per heavy atom. The van der Waals surface area contributed by atoms with Gasteiger partial charge in [0, 0.05) is 0 Å². The van der Waals surface area contributed by atoms with Crippen molar-refractivity contribution >= 4 is 27.5 Å². The van der Waals surface area contributed by atoms with E-state index in [1.807, 2.05) is 23.1 Å². The van der Waals surface area contributed by atoms with Crippen molar-refractivity contribution in [2.45, 2.75) is 25.4 Å². The number of thiazole rings is 1. The van der Waals surface area contributed by atoms with Gasteiger partial charge in [-0.3, -0.25) is 9.69 Å². The number of carboxylic acids is 1. The van der Waals surface area contributed by atoms with Crippen LogP contribution in [0.2, 0.25) is 0 Å². The molecule has 2 heterocycles. The summed E-state index contributed by atoms with van der Waals surface area (Å²) in [4.78, 5) is 17.7. The maximum atomic E-state index is 11.1. The Bertz CT molecular complexity index is 548. The lowest BCUT2D eigenvalue weighted by Crippen LogP contribution is -2.35. The molecule has 1 atom stereocenters. The molecule has 18 heavy (non-hydrogen) atoms. The molecular formula is C13H14N2O2S. The molecule has 0 radical (unpaired) electrons. The summed E-state index contributed by atoms with van der Waals surface area (Å²) < 4.78 is 1.17. The lowest BCUT2D eigenvalue weighted by Gasteiger charge is -2.19. The van der Waals surface area contributed by atoms with Gasteiger partial charge in [0.15, 0.2) is 0 Å². The molecule has 1 aromatic heterocycles. The van der Waals surface area contributed by atoms with E-state index in [0.717, 1.165) is 29.9 Å². The fourth-order valence-electron chi connectivity index (χ4n) is 2.46. The molecule has 0 amide bonds. The Balaban J connectivity index is 1.81. The van der Waals surface area contributed by atoms with Crippen molar-refractivity contribution in [3.8, 4) is 0 Å². The summed E-state index contributed by atoms with van der Waals surface area (Å²) in [5.74, 6) is -0.714. The van der Waals surface area contributed by atoms with Crippen molar-refractivity contribution < 1.29 is 9.90 Å². The first-order valence-electron chi connectivity index (χ1n) is 6.05. The fourth-order valence-corrected chi connectivity index (χ4v) is 3.45. The van der Waals surface area contributed by atoms with E-state index in [9.17, 15) is 4.79 Å². The summed E-state index contributed by atoms with van der Waals surface area (Å²) in [5, 5.41) is 10.1. The van der Waals surface area contributed by atoms with Gasteiger partial charge in [0.05, 0.1) is 16.8 Å². The third-order valence-corrected chi connectivity index (χ3v) is 4.35. The summed E-state index contributed by atoms with van der Waals surface area (Å²) in [6, 6.07) is 7.68. The van der Waals surface area contributed by atoms with Crippen LogP contribution in [0.4, 0.5) is 0 Å². The summed E-state index contributed by atoms with van der Waals surface area (Å²) in [6.45, 7) is 1.50. The number of carboxylic acid groups (broad SMARTS) is 1. The Labute approximate surface area is 109 Å². The fraction of sp³-hybridized carbons (Fsp3) is 0.385. The summed E-state index contributed by atoms with van der Waals surface area (Å²) in [7, 11) is 0. The van der Waals surface area contributed by atoms with Crippen molar-refractivity contribution in [2.24, 2.45) is 0 Å². The van der Waals surface area contributed by atoms with Crippen LogP contribution in [0.15, 0.2) is 24.3 Å². The highest BCUT2D eigenvalue weighted by atomic mass is 32.1. The van der Waals surface area contributed by atoms with E-state index in [0.29, 0.717) is 6.54 Å². The quantitative estimate of drug-likeness (QED) is 0.922. The zero-order valence-corrected chi connectivity index (χ0v) is 10.7. The minimum Gasteiger partial charge on any atom is -0.480 e. The minimum absolute atomic E-state index is 0.336. The lowest BCUT2D eigenvalue weighted by atomic mass is 10.2. The van der Waals surface area contributed by atoms with Gasteiger partial charge in [-0.25, -0.2) is 4.98 Å². The molecule has 1 N–H and O–H groups in total. The Hall–Kier alpha value is -1.46. The molecule has 2 aromatic rings. The van der Waals surface area contributed by atoms with Crippen LogP contribution >= 0.6 is 11.3 Å². The largest absolute Gasteiger partial charge is 0.480 e. The molecule has 0 aliphatic carbocycles. The molecule has 0 bridgehead atoms. The molecule has 0 saturated carbocycles. The van der Waals surface area contributed by atoms with Crippen LogP contribution in [0.3, 0.4) is 0 Å². The number of hydrogen-bond acceptors (Lipinski definition) is 4. The minimum atomic E-state index is -0.714. The number of aromatic nitrogens is 1. The van der Waals surface area contributed by atoms with Crippen LogP contribution in [0.5, 0.6) is 0 Å². The highest BCUT2D eigenvalue weighted by molar-refractivity contribution is 7.18. The second-order valence-corrected chi connectivity index (χ2v) is 5.66. The number of rotatable bonds is 3. The molecule has 1 saturated heterocycles. The van der Waals surface area contributed by atoms with E-state index in [-0.39, 0.29) is 6.04 Å². The van der Waals surface area contributed by atoms with E-state index in [4.69, 9.17) is 5.11 Å². The zero-order valence-electron chi connectivity index (χ0n) is 9.87. The van der Waals surface area contributed by atoms with Crippen molar-refractivity contribution in [2.75, 3.05) is 6.54 Å². The van der Waals surface area contributed by atoms with Crippen molar-refractivity contribution in [3.05, 3.63) is 29.3 Å². The number of carbonyl (C=O) groups is 1. The first-order chi connectivity index (χ1) is 8.74. The van der Waals surface area contributed by atoms with Gasteiger partial charge in [-0.2, -0.15) is 0 Å². The lowest BCUT2D eigenvalue weighted by molar-refractivity contribution is -0.142. The normalized spacial score (nSPS) is 20.6. The molecule has 1 aliphatic rings. The van der Waals surface area contributed by atoms with Crippen LogP contribution < -0.4 is 0 Å². The number of benzene rings is 1. The van der Waals surface area contributed by atoms with Crippen molar-refractivity contribution in [1.82, 2.24) is 9.88 Å². The second-order valence-electron chi connectivity index (χ2n) is 4.54. The average Bonchev–Trinajstić information content (AvgIpc) is 2.94. The molecule has 4 nitrogen and oxygen atoms in total. The van der Waals surface area contributed by atoms with Crippen molar-refractivity contribution in [1.29, 1.82) is 0 Å². The maximum absolute atomic E-state index is 11.1. The Morgan fingerprint density at radius 3 is 3.11 bits per heavy atom. The molecule has 1 aromatic carbocycles. The highest BCUT2D eigenvalue weighted by Crippen LogP contribution is 2.26. The number of hydrogen-bond donors (Lipinski definition) is 1. The number of aliphatic carboxylic acids is 1. The molecule has 94 valence electrons. The number of fused-ring (bicyclic) bond motifs is 1. The zero-order chi connectivity index (χ0) is 12.5. The van der Waals surface area contributed by atoms with Gasteiger partial charge in [-0.05, 0) is 31.5 Å². The van der Waals surface area contributed by atoms with E-state index in [2.05, 4.69) is 11.1 Å². The standard InChI is InChI=1S/C13H14N2O2S/c16-13(17)10-5-3-7-15(10)8-12-14-9-4-1-2-6-11(9)18-12/h1-2,4,6,10H,3,5,7-8H2,(H,16,17)/t10-/m1/s1. The van der Waals surface area contributed by atoms with Gasteiger partial charge in [0.2, 0.25) is 0 Å². The molecule has 1 aliphatic heterocycles.